The Morgan fingerprint density at radius 2 is 1.77 bits per heavy atom. The summed E-state index contributed by atoms with van der Waals surface area (Å²) in [6.45, 7) is 8.29. The SMILES string of the molecule is CCOc1cc(C)c(-c2nc3ccccc3c(=O)n2N=Cc2cc(Br)c(OCc3cccc([N+](=O)[O-])c3)c([N+](=O)[O-])c2)cc1C(C)C. The van der Waals surface area contributed by atoms with Crippen LogP contribution in [-0.4, -0.2) is 32.3 Å². The maximum absolute atomic E-state index is 13.8. The van der Waals surface area contributed by atoms with Crippen molar-refractivity contribution in [3.05, 3.63) is 130 Å². The number of benzene rings is 4. The van der Waals surface area contributed by atoms with Crippen LogP contribution in [0.4, 0.5) is 11.4 Å². The highest BCUT2D eigenvalue weighted by molar-refractivity contribution is 9.10. The van der Waals surface area contributed by atoms with Crippen molar-refractivity contribution < 1.29 is 19.3 Å². The maximum Gasteiger partial charge on any atom is 0.312 e. The summed E-state index contributed by atoms with van der Waals surface area (Å²) in [5.41, 5.74) is 2.85. The first-order chi connectivity index (χ1) is 22.5. The molecule has 4 aromatic carbocycles. The van der Waals surface area contributed by atoms with Crippen LogP contribution in [0.3, 0.4) is 0 Å². The van der Waals surface area contributed by atoms with Gasteiger partial charge in [0.05, 0.1) is 38.0 Å². The second kappa shape index (κ2) is 13.9. The number of hydrogen-bond acceptors (Lipinski definition) is 9. The van der Waals surface area contributed by atoms with Gasteiger partial charge in [-0.2, -0.15) is 9.78 Å². The summed E-state index contributed by atoms with van der Waals surface area (Å²) >= 11 is 3.36. The minimum absolute atomic E-state index is 0.0601. The molecule has 0 fully saturated rings. The van der Waals surface area contributed by atoms with Crippen LogP contribution in [0.2, 0.25) is 0 Å². The normalized spacial score (nSPS) is 11.4. The highest BCUT2D eigenvalue weighted by Crippen LogP contribution is 2.37. The molecule has 0 saturated carbocycles. The Kier molecular flexibility index (Phi) is 9.75. The molecule has 5 aromatic rings. The molecule has 0 aliphatic carbocycles. The standard InChI is InChI=1S/C34H30BrN5O7/c1-5-46-31-13-21(4)27(17-26(31)20(2)3)33-37-29-12-7-6-11-25(29)34(41)38(33)36-18-23-15-28(35)32(30(16-23)40(44)45)47-19-22-9-8-10-24(14-22)39(42)43/h6-18,20H,5,19H2,1-4H3. The zero-order chi connectivity index (χ0) is 33.8. The van der Waals surface area contributed by atoms with Crippen LogP contribution in [0.5, 0.6) is 11.5 Å². The molecule has 12 nitrogen and oxygen atoms in total. The number of fused-ring (bicyclic) bond motifs is 1. The Morgan fingerprint density at radius 3 is 2.47 bits per heavy atom. The van der Waals surface area contributed by atoms with E-state index in [9.17, 15) is 25.0 Å². The summed E-state index contributed by atoms with van der Waals surface area (Å²) in [7, 11) is 0. The lowest BCUT2D eigenvalue weighted by molar-refractivity contribution is -0.386. The number of halogens is 1. The van der Waals surface area contributed by atoms with Crippen LogP contribution in [0.15, 0.2) is 87.2 Å². The third-order valence-electron chi connectivity index (χ3n) is 7.34. The Balaban J connectivity index is 1.59. The molecule has 0 N–H and O–H groups in total. The van der Waals surface area contributed by atoms with Gasteiger partial charge in [-0.05, 0) is 82.7 Å². The van der Waals surface area contributed by atoms with E-state index in [1.807, 2.05) is 26.0 Å². The number of nitro benzene ring substituents is 2. The van der Waals surface area contributed by atoms with Crippen molar-refractivity contribution in [3.63, 3.8) is 0 Å². The minimum atomic E-state index is -0.600. The van der Waals surface area contributed by atoms with Crippen molar-refractivity contribution >= 4 is 44.4 Å². The molecule has 13 heteroatoms. The van der Waals surface area contributed by atoms with E-state index in [1.165, 1.54) is 35.2 Å². The zero-order valence-corrected chi connectivity index (χ0v) is 27.6. The van der Waals surface area contributed by atoms with Gasteiger partial charge in [0, 0.05) is 29.3 Å². The van der Waals surface area contributed by atoms with Crippen molar-refractivity contribution in [2.45, 2.75) is 40.2 Å². The predicted molar refractivity (Wildman–Crippen MR) is 183 cm³/mol. The number of rotatable bonds is 11. The number of ether oxygens (including phenoxy) is 2. The third-order valence-corrected chi connectivity index (χ3v) is 7.93. The number of aromatic nitrogens is 2. The molecule has 0 atom stereocenters. The first kappa shape index (κ1) is 32.9. The van der Waals surface area contributed by atoms with Crippen molar-refractivity contribution in [2.24, 2.45) is 5.10 Å². The number of nitro groups is 2. The van der Waals surface area contributed by atoms with Gasteiger partial charge in [0.1, 0.15) is 12.4 Å². The van der Waals surface area contributed by atoms with Crippen LogP contribution in [-0.2, 0) is 6.61 Å². The second-order valence-corrected chi connectivity index (χ2v) is 11.8. The summed E-state index contributed by atoms with van der Waals surface area (Å²) in [4.78, 5) is 40.8. The van der Waals surface area contributed by atoms with Gasteiger partial charge in [-0.1, -0.05) is 38.1 Å². The van der Waals surface area contributed by atoms with Crippen LogP contribution < -0.4 is 15.0 Å². The number of para-hydroxylation sites is 1. The van der Waals surface area contributed by atoms with Gasteiger partial charge < -0.3 is 9.47 Å². The van der Waals surface area contributed by atoms with E-state index in [0.29, 0.717) is 40.0 Å². The highest BCUT2D eigenvalue weighted by Gasteiger charge is 2.22. The van der Waals surface area contributed by atoms with E-state index >= 15 is 0 Å². The molecule has 0 aliphatic rings. The Labute approximate surface area is 277 Å². The quantitative estimate of drug-likeness (QED) is 0.0765. The molecule has 0 amide bonds. The van der Waals surface area contributed by atoms with Gasteiger partial charge in [-0.3, -0.25) is 25.0 Å². The molecule has 0 unspecified atom stereocenters. The van der Waals surface area contributed by atoms with E-state index in [0.717, 1.165) is 16.9 Å². The Hall–Kier alpha value is -5.43. The molecule has 47 heavy (non-hydrogen) atoms. The molecule has 0 radical (unpaired) electrons. The van der Waals surface area contributed by atoms with E-state index in [2.05, 4.69) is 34.9 Å². The Morgan fingerprint density at radius 1 is 1.00 bits per heavy atom. The van der Waals surface area contributed by atoms with Gasteiger partial charge in [0.15, 0.2) is 5.82 Å². The summed E-state index contributed by atoms with van der Waals surface area (Å²) in [6.07, 6.45) is 1.34. The van der Waals surface area contributed by atoms with Crippen molar-refractivity contribution in [1.29, 1.82) is 0 Å². The summed E-state index contributed by atoms with van der Waals surface area (Å²) in [5.74, 6) is 1.12. The van der Waals surface area contributed by atoms with Crippen LogP contribution in [0.25, 0.3) is 22.3 Å². The van der Waals surface area contributed by atoms with Gasteiger partial charge in [-0.25, -0.2) is 4.98 Å². The molecule has 0 saturated heterocycles. The topological polar surface area (TPSA) is 152 Å². The minimum Gasteiger partial charge on any atom is -0.494 e. The molecule has 0 aliphatic heterocycles. The van der Waals surface area contributed by atoms with Crippen molar-refractivity contribution in [2.75, 3.05) is 6.61 Å². The lowest BCUT2D eigenvalue weighted by Crippen LogP contribution is -2.21. The van der Waals surface area contributed by atoms with E-state index in [1.54, 1.807) is 36.4 Å². The third kappa shape index (κ3) is 7.04. The molecule has 1 aromatic heterocycles. The number of aryl methyl sites for hydroxylation is 1. The van der Waals surface area contributed by atoms with Crippen LogP contribution in [0.1, 0.15) is 48.9 Å². The maximum atomic E-state index is 13.8. The predicted octanol–water partition coefficient (Wildman–Crippen LogP) is 7.93. The fourth-order valence-corrected chi connectivity index (χ4v) is 5.65. The largest absolute Gasteiger partial charge is 0.494 e. The molecule has 240 valence electrons. The smallest absolute Gasteiger partial charge is 0.312 e. The Bertz CT molecular complexity index is 2110. The molecule has 0 spiro atoms. The first-order valence-electron chi connectivity index (χ1n) is 14.7. The number of nitrogens with zero attached hydrogens (tertiary/aromatic N) is 5. The van der Waals surface area contributed by atoms with E-state index in [-0.39, 0.29) is 34.1 Å². The fourth-order valence-electron chi connectivity index (χ4n) is 5.07. The van der Waals surface area contributed by atoms with E-state index < -0.39 is 15.4 Å². The summed E-state index contributed by atoms with van der Waals surface area (Å²) in [6, 6.07) is 19.5. The van der Waals surface area contributed by atoms with Crippen LogP contribution in [0, 0.1) is 27.2 Å². The van der Waals surface area contributed by atoms with Gasteiger partial charge >= 0.3 is 5.69 Å². The molecule has 1 heterocycles. The molecule has 0 bridgehead atoms. The average Bonchev–Trinajstić information content (AvgIpc) is 3.03. The number of non-ortho nitro benzene ring substituents is 1. The highest BCUT2D eigenvalue weighted by atomic mass is 79.9. The second-order valence-electron chi connectivity index (χ2n) is 10.9. The average molecular weight is 701 g/mol. The molecular weight excluding hydrogens is 670 g/mol. The fraction of sp³-hybridized carbons (Fsp3) is 0.206. The first-order valence-corrected chi connectivity index (χ1v) is 15.5. The summed E-state index contributed by atoms with van der Waals surface area (Å²) < 4.78 is 13.1. The number of hydrogen-bond donors (Lipinski definition) is 0. The molecular formula is C34H30BrN5O7. The van der Waals surface area contributed by atoms with Gasteiger partial charge in [0.2, 0.25) is 5.75 Å². The molecule has 5 rings (SSSR count). The van der Waals surface area contributed by atoms with Gasteiger partial charge in [-0.15, -0.1) is 0 Å². The monoisotopic (exact) mass is 699 g/mol. The van der Waals surface area contributed by atoms with Crippen LogP contribution >= 0.6 is 15.9 Å². The summed E-state index contributed by atoms with van der Waals surface area (Å²) in [5, 5.41) is 28.1. The van der Waals surface area contributed by atoms with E-state index in [4.69, 9.17) is 14.5 Å². The van der Waals surface area contributed by atoms with Crippen molar-refractivity contribution in [1.82, 2.24) is 9.66 Å². The van der Waals surface area contributed by atoms with Gasteiger partial charge in [0.25, 0.3) is 11.2 Å². The lowest BCUT2D eigenvalue weighted by Gasteiger charge is -2.18. The van der Waals surface area contributed by atoms with Crippen molar-refractivity contribution in [3.8, 4) is 22.9 Å². The lowest BCUT2D eigenvalue weighted by atomic mass is 9.96. The zero-order valence-electron chi connectivity index (χ0n) is 26.0.